The Morgan fingerprint density at radius 3 is 2.61 bits per heavy atom. The average molecular weight is 265 g/mol. The van der Waals surface area contributed by atoms with E-state index in [4.69, 9.17) is 0 Å². The minimum absolute atomic E-state index is 0.226. The van der Waals surface area contributed by atoms with E-state index in [0.717, 1.165) is 10.5 Å². The second-order valence-electron chi connectivity index (χ2n) is 3.97. The number of benzene rings is 1. The van der Waals surface area contributed by atoms with Crippen molar-refractivity contribution in [3.8, 4) is 0 Å². The van der Waals surface area contributed by atoms with E-state index >= 15 is 0 Å². The molecule has 1 heterocycles. The Bertz CT molecular complexity index is 574. The molecule has 0 spiro atoms. The molecule has 1 unspecified atom stereocenters. The van der Waals surface area contributed by atoms with Crippen molar-refractivity contribution in [3.05, 3.63) is 40.3 Å². The molecule has 0 amide bonds. The number of aromatic amines is 1. The molecule has 0 fully saturated rings. The zero-order valence-electron chi connectivity index (χ0n) is 10.3. The van der Waals surface area contributed by atoms with E-state index in [9.17, 15) is 9.90 Å². The van der Waals surface area contributed by atoms with Crippen LogP contribution < -0.4 is 5.69 Å². The van der Waals surface area contributed by atoms with Gasteiger partial charge in [0.1, 0.15) is 0 Å². The first-order chi connectivity index (χ1) is 8.61. The van der Waals surface area contributed by atoms with Gasteiger partial charge in [0.15, 0.2) is 5.16 Å². The second-order valence-corrected chi connectivity index (χ2v) is 5.01. The molecule has 0 aliphatic rings. The molecule has 0 radical (unpaired) electrons. The predicted molar refractivity (Wildman–Crippen MR) is 69.6 cm³/mol. The fourth-order valence-corrected chi connectivity index (χ4v) is 2.32. The first-order valence-electron chi connectivity index (χ1n) is 5.69. The number of hydrogen-bond donors (Lipinski definition) is 2. The van der Waals surface area contributed by atoms with E-state index in [0.29, 0.717) is 11.6 Å². The van der Waals surface area contributed by atoms with Gasteiger partial charge in [-0.2, -0.15) is 0 Å². The van der Waals surface area contributed by atoms with Crippen LogP contribution in [0.25, 0.3) is 0 Å². The van der Waals surface area contributed by atoms with Crippen molar-refractivity contribution in [3.63, 3.8) is 0 Å². The van der Waals surface area contributed by atoms with Gasteiger partial charge in [0.2, 0.25) is 0 Å². The molecule has 2 N–H and O–H groups in total. The highest BCUT2D eigenvalue weighted by Gasteiger charge is 2.08. The van der Waals surface area contributed by atoms with Crippen LogP contribution in [0.4, 0.5) is 0 Å². The van der Waals surface area contributed by atoms with Gasteiger partial charge in [-0.25, -0.2) is 9.89 Å². The summed E-state index contributed by atoms with van der Waals surface area (Å²) in [5.74, 6) is 0. The van der Waals surface area contributed by atoms with E-state index in [-0.39, 0.29) is 5.69 Å². The van der Waals surface area contributed by atoms with Crippen LogP contribution in [0.1, 0.15) is 25.0 Å². The molecular formula is C12H15N3O2S. The van der Waals surface area contributed by atoms with E-state index in [1.807, 2.05) is 31.2 Å². The third kappa shape index (κ3) is 2.65. The number of nitrogens with zero attached hydrogens (tertiary/aromatic N) is 2. The lowest BCUT2D eigenvalue weighted by atomic mass is 10.1. The monoisotopic (exact) mass is 265 g/mol. The lowest BCUT2D eigenvalue weighted by molar-refractivity contribution is 0.173. The molecule has 96 valence electrons. The van der Waals surface area contributed by atoms with Crippen molar-refractivity contribution in [1.29, 1.82) is 0 Å². The van der Waals surface area contributed by atoms with Crippen LogP contribution in [0.15, 0.2) is 39.1 Å². The topological polar surface area (TPSA) is 70.9 Å². The van der Waals surface area contributed by atoms with Crippen LogP contribution in [-0.4, -0.2) is 19.9 Å². The zero-order chi connectivity index (χ0) is 13.1. The van der Waals surface area contributed by atoms with E-state index < -0.39 is 6.10 Å². The molecule has 0 saturated heterocycles. The fourth-order valence-electron chi connectivity index (χ4n) is 1.52. The molecule has 0 saturated carbocycles. The molecule has 18 heavy (non-hydrogen) atoms. The summed E-state index contributed by atoms with van der Waals surface area (Å²) < 4.78 is 1.46. The number of hydrogen-bond acceptors (Lipinski definition) is 4. The average Bonchev–Trinajstić information content (AvgIpc) is 2.71. The van der Waals surface area contributed by atoms with Gasteiger partial charge in [0.25, 0.3) is 0 Å². The molecule has 2 aromatic rings. The summed E-state index contributed by atoms with van der Waals surface area (Å²) in [6, 6.07) is 7.61. The van der Waals surface area contributed by atoms with Gasteiger partial charge in [0.05, 0.1) is 6.10 Å². The van der Waals surface area contributed by atoms with Crippen LogP contribution >= 0.6 is 11.8 Å². The van der Waals surface area contributed by atoms with E-state index in [1.165, 1.54) is 16.3 Å². The molecule has 6 heteroatoms. The fraction of sp³-hybridized carbons (Fsp3) is 0.333. The van der Waals surface area contributed by atoms with Crippen molar-refractivity contribution < 1.29 is 5.11 Å². The van der Waals surface area contributed by atoms with Crippen LogP contribution in [0, 0.1) is 0 Å². The highest BCUT2D eigenvalue weighted by atomic mass is 32.2. The highest BCUT2D eigenvalue weighted by Crippen LogP contribution is 2.26. The smallest absolute Gasteiger partial charge is 0.343 e. The summed E-state index contributed by atoms with van der Waals surface area (Å²) in [6.07, 6.45) is 0.277. The predicted octanol–water partition coefficient (Wildman–Crippen LogP) is 1.70. The van der Waals surface area contributed by atoms with E-state index in [2.05, 4.69) is 10.2 Å². The highest BCUT2D eigenvalue weighted by molar-refractivity contribution is 7.99. The van der Waals surface area contributed by atoms with Crippen LogP contribution in [-0.2, 0) is 7.05 Å². The van der Waals surface area contributed by atoms with Gasteiger partial charge in [0, 0.05) is 11.9 Å². The molecule has 1 aromatic carbocycles. The molecule has 0 aliphatic carbocycles. The number of aliphatic hydroxyl groups is 1. The Labute approximate surface area is 109 Å². The molecular weight excluding hydrogens is 250 g/mol. The maximum Gasteiger partial charge on any atom is 0.343 e. The SMILES string of the molecule is CCC(O)c1ccc(Sc2n[nH]c(=O)n2C)cc1. The molecule has 1 aromatic heterocycles. The van der Waals surface area contributed by atoms with Crippen LogP contribution in [0.2, 0.25) is 0 Å². The van der Waals surface area contributed by atoms with Gasteiger partial charge in [-0.1, -0.05) is 19.1 Å². The summed E-state index contributed by atoms with van der Waals surface area (Å²) in [5, 5.41) is 16.6. The van der Waals surface area contributed by atoms with Crippen LogP contribution in [0.3, 0.4) is 0 Å². The second kappa shape index (κ2) is 5.41. The first-order valence-corrected chi connectivity index (χ1v) is 6.50. The van der Waals surface area contributed by atoms with E-state index in [1.54, 1.807) is 7.05 Å². The third-order valence-electron chi connectivity index (χ3n) is 2.70. The molecule has 2 rings (SSSR count). The van der Waals surface area contributed by atoms with Gasteiger partial charge in [-0.05, 0) is 35.9 Å². The Balaban J connectivity index is 2.16. The standard InChI is InChI=1S/C12H15N3O2S/c1-3-10(16)8-4-6-9(7-5-8)18-12-14-13-11(17)15(12)2/h4-7,10,16H,3H2,1-2H3,(H,13,17). The lowest BCUT2D eigenvalue weighted by Crippen LogP contribution is -2.12. The Morgan fingerprint density at radius 2 is 2.11 bits per heavy atom. The maximum atomic E-state index is 11.2. The Hall–Kier alpha value is -1.53. The van der Waals surface area contributed by atoms with Crippen molar-refractivity contribution in [2.24, 2.45) is 7.05 Å². The number of nitrogens with one attached hydrogen (secondary N) is 1. The lowest BCUT2D eigenvalue weighted by Gasteiger charge is -2.08. The van der Waals surface area contributed by atoms with Crippen LogP contribution in [0.5, 0.6) is 0 Å². The molecule has 0 bridgehead atoms. The van der Waals surface area contributed by atoms with Gasteiger partial charge in [-0.3, -0.25) is 4.57 Å². The van der Waals surface area contributed by atoms with Crippen molar-refractivity contribution in [1.82, 2.24) is 14.8 Å². The number of H-pyrrole nitrogens is 1. The maximum absolute atomic E-state index is 11.2. The summed E-state index contributed by atoms with van der Waals surface area (Å²) >= 11 is 1.40. The largest absolute Gasteiger partial charge is 0.388 e. The Morgan fingerprint density at radius 1 is 1.44 bits per heavy atom. The van der Waals surface area contributed by atoms with Gasteiger partial charge < -0.3 is 5.11 Å². The Kier molecular flexibility index (Phi) is 3.88. The summed E-state index contributed by atoms with van der Waals surface area (Å²) in [6.45, 7) is 1.94. The number of aliphatic hydroxyl groups excluding tert-OH is 1. The molecule has 5 nitrogen and oxygen atoms in total. The summed E-state index contributed by atoms with van der Waals surface area (Å²) in [4.78, 5) is 12.2. The summed E-state index contributed by atoms with van der Waals surface area (Å²) in [7, 11) is 1.67. The van der Waals surface area contributed by atoms with Crippen molar-refractivity contribution in [2.45, 2.75) is 29.5 Å². The van der Waals surface area contributed by atoms with Gasteiger partial charge >= 0.3 is 5.69 Å². The normalized spacial score (nSPS) is 12.6. The minimum Gasteiger partial charge on any atom is -0.388 e. The molecule has 1 atom stereocenters. The third-order valence-corrected chi connectivity index (χ3v) is 3.76. The number of rotatable bonds is 4. The van der Waals surface area contributed by atoms with Crippen molar-refractivity contribution in [2.75, 3.05) is 0 Å². The minimum atomic E-state index is -0.418. The number of aromatic nitrogens is 3. The first kappa shape index (κ1) is 12.9. The van der Waals surface area contributed by atoms with Crippen molar-refractivity contribution >= 4 is 11.8 Å². The van der Waals surface area contributed by atoms with Gasteiger partial charge in [-0.15, -0.1) is 5.10 Å². The zero-order valence-corrected chi connectivity index (χ0v) is 11.1. The molecule has 0 aliphatic heterocycles. The quantitative estimate of drug-likeness (QED) is 0.882. The summed E-state index contributed by atoms with van der Waals surface area (Å²) in [5.41, 5.74) is 0.674.